The van der Waals surface area contributed by atoms with Gasteiger partial charge in [0.1, 0.15) is 5.75 Å². The number of carbonyl (C=O) groups excluding carboxylic acids is 1. The van der Waals surface area contributed by atoms with Crippen molar-refractivity contribution < 1.29 is 22.7 Å². The Balaban J connectivity index is 1.47. The third kappa shape index (κ3) is 3.99. The normalized spacial score (nSPS) is 15.5. The molecule has 0 spiro atoms. The van der Waals surface area contributed by atoms with Gasteiger partial charge >= 0.3 is 6.18 Å². The Morgan fingerprint density at radius 3 is 2.57 bits per heavy atom. The minimum Gasteiger partial charge on any atom is -0.497 e. The molecule has 2 aromatic carbocycles. The molecule has 158 valence electrons. The van der Waals surface area contributed by atoms with Crippen LogP contribution in [-0.2, 0) is 12.7 Å². The molecule has 0 aliphatic carbocycles. The second-order valence-corrected chi connectivity index (χ2v) is 7.50. The van der Waals surface area contributed by atoms with Crippen LogP contribution in [0.15, 0.2) is 48.5 Å². The minimum atomic E-state index is -4.51. The van der Waals surface area contributed by atoms with Crippen LogP contribution in [0.3, 0.4) is 0 Å². The number of imidazole rings is 1. The number of rotatable bonds is 4. The molecule has 0 unspecified atom stereocenters. The van der Waals surface area contributed by atoms with Gasteiger partial charge in [0.25, 0.3) is 5.91 Å². The van der Waals surface area contributed by atoms with Gasteiger partial charge in [-0.05, 0) is 49.1 Å². The fraction of sp³-hybridized carbons (Fsp3) is 0.364. The van der Waals surface area contributed by atoms with Crippen LogP contribution in [0.4, 0.5) is 13.2 Å². The van der Waals surface area contributed by atoms with Gasteiger partial charge in [0, 0.05) is 25.2 Å². The first-order chi connectivity index (χ1) is 14.4. The molecule has 0 atom stereocenters. The van der Waals surface area contributed by atoms with E-state index in [4.69, 9.17) is 4.74 Å². The van der Waals surface area contributed by atoms with Crippen LogP contribution in [-0.4, -0.2) is 40.6 Å². The third-order valence-corrected chi connectivity index (χ3v) is 5.57. The number of methoxy groups -OCH3 is 1. The first-order valence-corrected chi connectivity index (χ1v) is 9.82. The van der Waals surface area contributed by atoms with Crippen LogP contribution in [0, 0.1) is 5.92 Å². The molecule has 0 saturated carbocycles. The molecule has 8 heteroatoms. The Morgan fingerprint density at radius 2 is 1.87 bits per heavy atom. The average molecular weight is 417 g/mol. The van der Waals surface area contributed by atoms with Crippen molar-refractivity contribution in [2.24, 2.45) is 5.92 Å². The number of hydrogen-bond acceptors (Lipinski definition) is 3. The molecule has 0 N–H and O–H groups in total. The first-order valence-electron chi connectivity index (χ1n) is 9.82. The summed E-state index contributed by atoms with van der Waals surface area (Å²) in [7, 11) is 1.55. The predicted molar refractivity (Wildman–Crippen MR) is 106 cm³/mol. The van der Waals surface area contributed by atoms with Crippen LogP contribution < -0.4 is 4.74 Å². The number of halogens is 3. The van der Waals surface area contributed by atoms with Gasteiger partial charge in [-0.1, -0.05) is 18.2 Å². The molecule has 4 rings (SSSR count). The molecule has 30 heavy (non-hydrogen) atoms. The fourth-order valence-electron chi connectivity index (χ4n) is 3.99. The van der Waals surface area contributed by atoms with Crippen molar-refractivity contribution in [1.29, 1.82) is 0 Å². The molecule has 1 saturated heterocycles. The Morgan fingerprint density at radius 1 is 1.13 bits per heavy atom. The third-order valence-electron chi connectivity index (χ3n) is 5.57. The number of nitrogens with zero attached hydrogens (tertiary/aromatic N) is 3. The number of hydrogen-bond donors (Lipinski definition) is 0. The number of alkyl halides is 3. The van der Waals surface area contributed by atoms with Crippen molar-refractivity contribution in [3.05, 3.63) is 59.9 Å². The van der Waals surface area contributed by atoms with E-state index in [1.54, 1.807) is 60.5 Å². The molecule has 1 aromatic heterocycles. The van der Waals surface area contributed by atoms with Gasteiger partial charge in [-0.15, -0.1) is 0 Å². The topological polar surface area (TPSA) is 47.4 Å². The van der Waals surface area contributed by atoms with E-state index in [2.05, 4.69) is 4.98 Å². The molecule has 3 aromatic rings. The van der Waals surface area contributed by atoms with Crippen molar-refractivity contribution in [2.75, 3.05) is 20.2 Å². The van der Waals surface area contributed by atoms with E-state index in [9.17, 15) is 18.0 Å². The lowest BCUT2D eigenvalue weighted by Gasteiger charge is -2.32. The number of ether oxygens (including phenoxy) is 1. The summed E-state index contributed by atoms with van der Waals surface area (Å²) in [6, 6.07) is 13.6. The average Bonchev–Trinajstić information content (AvgIpc) is 3.13. The standard InChI is InChI=1S/C22H22F3N3O2/c1-30-17-6-4-5-16(13-17)20(29)27-11-9-15(10-12-27)14-28-19-8-3-2-7-18(19)26-21(28)22(23,24)25/h2-8,13,15H,9-12,14H2,1H3. The molecular weight excluding hydrogens is 395 g/mol. The largest absolute Gasteiger partial charge is 0.497 e. The Hall–Kier alpha value is -3.03. The van der Waals surface area contributed by atoms with Gasteiger partial charge in [-0.2, -0.15) is 13.2 Å². The van der Waals surface area contributed by atoms with E-state index < -0.39 is 12.0 Å². The highest BCUT2D eigenvalue weighted by molar-refractivity contribution is 5.94. The summed E-state index contributed by atoms with van der Waals surface area (Å²) < 4.78 is 47.0. The van der Waals surface area contributed by atoms with E-state index >= 15 is 0 Å². The number of para-hydroxylation sites is 2. The first kappa shape index (κ1) is 20.3. The summed E-state index contributed by atoms with van der Waals surface area (Å²) in [5.74, 6) is -0.296. The van der Waals surface area contributed by atoms with Crippen molar-refractivity contribution >= 4 is 16.9 Å². The van der Waals surface area contributed by atoms with E-state index in [-0.39, 0.29) is 18.4 Å². The second kappa shape index (κ2) is 8.01. The van der Waals surface area contributed by atoms with Crippen LogP contribution in [0.2, 0.25) is 0 Å². The number of piperidine rings is 1. The van der Waals surface area contributed by atoms with Crippen LogP contribution in [0.1, 0.15) is 29.0 Å². The molecule has 1 amide bonds. The number of carbonyl (C=O) groups is 1. The molecular formula is C22H22F3N3O2. The zero-order chi connectivity index (χ0) is 21.3. The monoisotopic (exact) mass is 417 g/mol. The lowest BCUT2D eigenvalue weighted by atomic mass is 9.96. The molecule has 0 radical (unpaired) electrons. The van der Waals surface area contributed by atoms with Crippen molar-refractivity contribution in [2.45, 2.75) is 25.6 Å². The van der Waals surface area contributed by atoms with Gasteiger partial charge < -0.3 is 14.2 Å². The maximum Gasteiger partial charge on any atom is 0.449 e. The molecule has 1 aliphatic heterocycles. The Kier molecular flexibility index (Phi) is 5.40. The molecule has 0 bridgehead atoms. The zero-order valence-electron chi connectivity index (χ0n) is 16.5. The van der Waals surface area contributed by atoms with Crippen LogP contribution in [0.25, 0.3) is 11.0 Å². The van der Waals surface area contributed by atoms with Crippen molar-refractivity contribution in [3.63, 3.8) is 0 Å². The van der Waals surface area contributed by atoms with Gasteiger partial charge in [0.15, 0.2) is 0 Å². The van der Waals surface area contributed by atoms with Crippen molar-refractivity contribution in [3.8, 4) is 5.75 Å². The quantitative estimate of drug-likeness (QED) is 0.623. The van der Waals surface area contributed by atoms with E-state index in [0.717, 1.165) is 0 Å². The highest BCUT2D eigenvalue weighted by Crippen LogP contribution is 2.33. The van der Waals surface area contributed by atoms with E-state index in [1.165, 1.54) is 4.57 Å². The Labute approximate surface area is 172 Å². The van der Waals surface area contributed by atoms with Gasteiger partial charge in [-0.25, -0.2) is 4.98 Å². The lowest BCUT2D eigenvalue weighted by molar-refractivity contribution is -0.147. The van der Waals surface area contributed by atoms with Crippen LogP contribution in [0.5, 0.6) is 5.75 Å². The summed E-state index contributed by atoms with van der Waals surface area (Å²) in [6.45, 7) is 1.25. The molecule has 2 heterocycles. The summed E-state index contributed by atoms with van der Waals surface area (Å²) in [5, 5.41) is 0. The molecule has 1 aliphatic rings. The highest BCUT2D eigenvalue weighted by atomic mass is 19.4. The van der Waals surface area contributed by atoms with Gasteiger partial charge in [0.2, 0.25) is 5.82 Å². The molecule has 5 nitrogen and oxygen atoms in total. The smallest absolute Gasteiger partial charge is 0.449 e. The number of fused-ring (bicyclic) bond motifs is 1. The maximum atomic E-state index is 13.5. The van der Waals surface area contributed by atoms with Crippen LogP contribution >= 0.6 is 0 Å². The minimum absolute atomic E-state index is 0.0399. The highest BCUT2D eigenvalue weighted by Gasteiger charge is 2.38. The van der Waals surface area contributed by atoms with Crippen molar-refractivity contribution in [1.82, 2.24) is 14.5 Å². The number of amides is 1. The zero-order valence-corrected chi connectivity index (χ0v) is 16.5. The summed E-state index contributed by atoms with van der Waals surface area (Å²) >= 11 is 0. The lowest BCUT2D eigenvalue weighted by Crippen LogP contribution is -2.39. The molecule has 1 fully saturated rings. The number of benzene rings is 2. The summed E-state index contributed by atoms with van der Waals surface area (Å²) in [4.78, 5) is 18.3. The van der Waals surface area contributed by atoms with Gasteiger partial charge in [-0.3, -0.25) is 4.79 Å². The summed E-state index contributed by atoms with van der Waals surface area (Å²) in [5.41, 5.74) is 1.38. The van der Waals surface area contributed by atoms with E-state index in [0.29, 0.717) is 48.3 Å². The summed E-state index contributed by atoms with van der Waals surface area (Å²) in [6.07, 6.45) is -3.24. The number of aromatic nitrogens is 2. The van der Waals surface area contributed by atoms with Gasteiger partial charge in [0.05, 0.1) is 18.1 Å². The number of likely N-dealkylation sites (tertiary alicyclic amines) is 1. The Bertz CT molecular complexity index is 1050. The predicted octanol–water partition coefficient (Wildman–Crippen LogP) is 4.62. The second-order valence-electron chi connectivity index (χ2n) is 7.50. The maximum absolute atomic E-state index is 13.5. The fourth-order valence-corrected chi connectivity index (χ4v) is 3.99. The SMILES string of the molecule is COc1cccc(C(=O)N2CCC(Cn3c(C(F)(F)F)nc4ccccc43)CC2)c1. The van der Waals surface area contributed by atoms with E-state index in [1.807, 2.05) is 0 Å².